The Labute approximate surface area is 74.4 Å². The van der Waals surface area contributed by atoms with Crippen LogP contribution in [0, 0.1) is 0 Å². The van der Waals surface area contributed by atoms with Gasteiger partial charge in [-0.3, -0.25) is 0 Å². The van der Waals surface area contributed by atoms with E-state index in [1.165, 1.54) is 20.0 Å². The van der Waals surface area contributed by atoms with Gasteiger partial charge in [-0.25, -0.2) is 0 Å². The van der Waals surface area contributed by atoms with Crippen LogP contribution < -0.4 is 0 Å². The quantitative estimate of drug-likeness (QED) is 0.464. The Balaban J connectivity index is -0.000000116. The Morgan fingerprint density at radius 3 is 1.45 bits per heavy atom. The minimum atomic E-state index is 0. The fourth-order valence-electron chi connectivity index (χ4n) is 0.542. The van der Waals surface area contributed by atoms with E-state index in [9.17, 15) is 0 Å². The largest absolute Gasteiger partial charge is 0.101 e. The van der Waals surface area contributed by atoms with Crippen LogP contribution in [-0.2, 0) is 0 Å². The van der Waals surface area contributed by atoms with Crippen molar-refractivity contribution in [2.45, 2.75) is 34.5 Å². The van der Waals surface area contributed by atoms with Gasteiger partial charge in [0.15, 0.2) is 0 Å². The first kappa shape index (κ1) is 16.9. The molecule has 0 saturated carbocycles. The topological polar surface area (TPSA) is 0 Å². The van der Waals surface area contributed by atoms with E-state index in [2.05, 4.69) is 24.3 Å². The molecule has 0 aromatic heterocycles. The van der Waals surface area contributed by atoms with Crippen LogP contribution in [0.1, 0.15) is 27.7 Å². The third-order valence-corrected chi connectivity index (χ3v) is 0.883. The summed E-state index contributed by atoms with van der Waals surface area (Å²) in [6, 6.07) is 0. The normalized spacial score (nSPS) is 11.4. The second kappa shape index (κ2) is 16.3. The van der Waals surface area contributed by atoms with E-state index < -0.39 is 0 Å². The van der Waals surface area contributed by atoms with Gasteiger partial charge in [0.1, 0.15) is 0 Å². The Bertz CT molecular complexity index is 83.7. The van der Waals surface area contributed by atoms with Crippen molar-refractivity contribution in [3.05, 3.63) is 24.3 Å². The van der Waals surface area contributed by atoms with Crippen LogP contribution in [0.15, 0.2) is 24.3 Å². The van der Waals surface area contributed by atoms with Gasteiger partial charge in [-0.05, 0) is 12.8 Å². The maximum atomic E-state index is 4.72. The zero-order valence-electron chi connectivity index (χ0n) is 5.88. The van der Waals surface area contributed by atoms with Crippen molar-refractivity contribution in [2.75, 3.05) is 0 Å². The lowest BCUT2D eigenvalue weighted by Gasteiger charge is -1.88. The van der Waals surface area contributed by atoms with Crippen LogP contribution in [0.25, 0.3) is 0 Å². The monoisotopic (exact) mass is 149 g/mol. The molecule has 0 spiro atoms. The molecule has 0 N–H and O–H groups in total. The van der Waals surface area contributed by atoms with Crippen molar-refractivity contribution >= 4 is 14.9 Å². The maximum absolute atomic E-state index is 4.72. The molecule has 0 aromatic rings. The predicted molar refractivity (Wildman–Crippen MR) is 58.3 cm³/mol. The van der Waals surface area contributed by atoms with Crippen LogP contribution in [0.5, 0.6) is 0 Å². The van der Waals surface area contributed by atoms with Gasteiger partial charge < -0.3 is 0 Å². The fraction of sp³-hybridized carbons (Fsp3) is 0.556. The minimum Gasteiger partial charge on any atom is -0.101 e. The highest BCUT2D eigenvalue weighted by Crippen LogP contribution is 1.98. The molecule has 61 valence electrons. The molecule has 0 nitrogen and oxygen atoms in total. The molecule has 2 heteroatoms. The summed E-state index contributed by atoms with van der Waals surface area (Å²) >= 11 is 0. The first-order valence-corrected chi connectivity index (χ1v) is 3.23. The minimum absolute atomic E-state index is 0. The summed E-state index contributed by atoms with van der Waals surface area (Å²) < 4.78 is 0. The first-order chi connectivity index (χ1) is 4.41. The summed E-state index contributed by atoms with van der Waals surface area (Å²) in [5, 5.41) is 0. The van der Waals surface area contributed by atoms with Crippen molar-refractivity contribution in [1.29, 1.82) is 0 Å². The first-order valence-electron chi connectivity index (χ1n) is 3.23. The summed E-state index contributed by atoms with van der Waals surface area (Å²) in [6.45, 7) is 1.78. The molecule has 0 saturated heterocycles. The lowest BCUT2D eigenvalue weighted by Crippen LogP contribution is -1.68. The number of hydrogen-bond acceptors (Lipinski definition) is 0. The molecular formula is C9H19B2. The molecule has 0 aliphatic heterocycles. The van der Waals surface area contributed by atoms with E-state index in [4.69, 9.17) is 7.74 Å². The zero-order valence-corrected chi connectivity index (χ0v) is 5.88. The van der Waals surface area contributed by atoms with E-state index in [1.54, 1.807) is 6.82 Å². The Morgan fingerprint density at radius 1 is 1.09 bits per heavy atom. The molecule has 1 rings (SSSR count). The molecule has 0 amide bonds. The van der Waals surface area contributed by atoms with Gasteiger partial charge in [-0.2, -0.15) is 0 Å². The van der Waals surface area contributed by atoms with Gasteiger partial charge in [-0.1, -0.05) is 39.2 Å². The smallest absolute Gasteiger partial charge is 0.0502 e. The van der Waals surface area contributed by atoms with Crippen LogP contribution >= 0.6 is 0 Å². The second-order valence-electron chi connectivity index (χ2n) is 1.77. The lowest BCUT2D eigenvalue weighted by molar-refractivity contribution is 1.04. The molecule has 3 radical (unpaired) electrons. The molecule has 1 aliphatic rings. The SMILES string of the molecule is C.C.C1=CCCC=C1.[B][B]C. The van der Waals surface area contributed by atoms with Crippen molar-refractivity contribution in [3.8, 4) is 0 Å². The molecule has 0 unspecified atom stereocenters. The molecular weight excluding hydrogens is 130 g/mol. The van der Waals surface area contributed by atoms with Crippen LogP contribution in [0.2, 0.25) is 6.82 Å². The average molecular weight is 149 g/mol. The number of allylic oxidation sites excluding steroid dienone is 4. The zero-order chi connectivity index (χ0) is 6.95. The highest BCUT2D eigenvalue weighted by molar-refractivity contribution is 6.88. The van der Waals surface area contributed by atoms with Crippen LogP contribution in [-0.4, -0.2) is 14.9 Å². The molecule has 0 aromatic carbocycles. The lowest BCUT2D eigenvalue weighted by atomic mass is 9.59. The highest BCUT2D eigenvalue weighted by Gasteiger charge is 1.77. The standard InChI is InChI=1S/C6H8.CH3B2.2CH4/c1-2-4-6-5-3-1;1-3-2;;/h1-4H,5-6H2;1H3;2*1H4. The van der Waals surface area contributed by atoms with E-state index in [1.807, 2.05) is 0 Å². The number of rotatable bonds is 0. The van der Waals surface area contributed by atoms with Crippen molar-refractivity contribution in [2.24, 2.45) is 0 Å². The van der Waals surface area contributed by atoms with Gasteiger partial charge in [-0.15, -0.1) is 6.82 Å². The maximum Gasteiger partial charge on any atom is 0.0502 e. The van der Waals surface area contributed by atoms with Gasteiger partial charge in [0.2, 0.25) is 0 Å². The van der Waals surface area contributed by atoms with E-state index >= 15 is 0 Å². The predicted octanol–water partition coefficient (Wildman–Crippen LogP) is 2.99. The molecule has 11 heavy (non-hydrogen) atoms. The third-order valence-electron chi connectivity index (χ3n) is 0.883. The molecule has 1 aliphatic carbocycles. The van der Waals surface area contributed by atoms with Crippen LogP contribution in [0.4, 0.5) is 0 Å². The van der Waals surface area contributed by atoms with Gasteiger partial charge >= 0.3 is 0 Å². The van der Waals surface area contributed by atoms with E-state index in [0.717, 1.165) is 0 Å². The average Bonchev–Trinajstić information content (AvgIpc) is 1.93. The molecule has 0 atom stereocenters. The summed E-state index contributed by atoms with van der Waals surface area (Å²) in [5.74, 6) is 0. The summed E-state index contributed by atoms with van der Waals surface area (Å²) in [5.41, 5.74) is 0. The Morgan fingerprint density at radius 2 is 1.36 bits per heavy atom. The summed E-state index contributed by atoms with van der Waals surface area (Å²) in [7, 11) is 6.22. The summed E-state index contributed by atoms with van der Waals surface area (Å²) in [6.07, 6.45) is 11.0. The van der Waals surface area contributed by atoms with Crippen LogP contribution in [0.3, 0.4) is 0 Å². The molecule has 0 fully saturated rings. The Kier molecular flexibility index (Phi) is 25.1. The van der Waals surface area contributed by atoms with Gasteiger partial charge in [0.05, 0.1) is 7.17 Å². The third kappa shape index (κ3) is 17.7. The fourth-order valence-corrected chi connectivity index (χ4v) is 0.542. The van der Waals surface area contributed by atoms with Crippen molar-refractivity contribution < 1.29 is 0 Å². The van der Waals surface area contributed by atoms with Crippen molar-refractivity contribution in [1.82, 2.24) is 0 Å². The highest BCUT2D eigenvalue weighted by atomic mass is 13.8. The van der Waals surface area contributed by atoms with Gasteiger partial charge in [0, 0.05) is 7.74 Å². The number of hydrogen-bond donors (Lipinski definition) is 0. The second-order valence-corrected chi connectivity index (χ2v) is 1.77. The van der Waals surface area contributed by atoms with E-state index in [-0.39, 0.29) is 14.9 Å². The Hall–Kier alpha value is -0.390. The molecule has 0 heterocycles. The van der Waals surface area contributed by atoms with Crippen molar-refractivity contribution in [3.63, 3.8) is 0 Å². The van der Waals surface area contributed by atoms with Gasteiger partial charge in [0.25, 0.3) is 0 Å². The summed E-state index contributed by atoms with van der Waals surface area (Å²) in [4.78, 5) is 0. The van der Waals surface area contributed by atoms with E-state index in [0.29, 0.717) is 0 Å². The molecule has 0 bridgehead atoms.